The Morgan fingerprint density at radius 1 is 1.12 bits per heavy atom. The van der Waals surface area contributed by atoms with Crippen molar-refractivity contribution in [2.75, 3.05) is 0 Å². The molecule has 0 heterocycles. The summed E-state index contributed by atoms with van der Waals surface area (Å²) in [7, 11) is 0. The number of carboxylic acids is 1. The molecule has 0 unspecified atom stereocenters. The van der Waals surface area contributed by atoms with Gasteiger partial charge in [0, 0.05) is 25.2 Å². The zero-order valence-corrected chi connectivity index (χ0v) is 16.3. The largest absolute Gasteiger partial charge is 0.550 e. The van der Waals surface area contributed by atoms with Gasteiger partial charge in [-0.05, 0) is 73.5 Å². The van der Waals surface area contributed by atoms with Gasteiger partial charge in [0.25, 0.3) is 0 Å². The van der Waals surface area contributed by atoms with Crippen molar-refractivity contribution in [1.82, 2.24) is 0 Å². The number of carbonyl (C=O) groups is 2. The number of hydrogen-bond donors (Lipinski definition) is 0. The standard InChI is InChI=1S/C22H32O4/c1-13(23)26-15-8-10-21(2)14(12-15)4-5-16-17-6-7-19(20(24)25)22(17,3)11-9-18(16)21/h4,15-19H,5-12H2,1-3H3,(H,24,25)/p-1/t15-,16-,17+,18+,19+,21+,22+/m0/s1. The summed E-state index contributed by atoms with van der Waals surface area (Å²) in [6.45, 7) is 6.11. The van der Waals surface area contributed by atoms with Crippen molar-refractivity contribution in [1.29, 1.82) is 0 Å². The van der Waals surface area contributed by atoms with Crippen LogP contribution in [0.1, 0.15) is 72.1 Å². The molecule has 0 aromatic carbocycles. The third-order valence-corrected chi connectivity index (χ3v) is 8.68. The van der Waals surface area contributed by atoms with E-state index >= 15 is 0 Å². The summed E-state index contributed by atoms with van der Waals surface area (Å²) in [4.78, 5) is 23.0. The van der Waals surface area contributed by atoms with Gasteiger partial charge in [0.15, 0.2) is 0 Å². The van der Waals surface area contributed by atoms with Crippen LogP contribution in [-0.4, -0.2) is 18.0 Å². The van der Waals surface area contributed by atoms with Crippen LogP contribution >= 0.6 is 0 Å². The highest BCUT2D eigenvalue weighted by Gasteiger charge is 2.58. The number of ether oxygens (including phenoxy) is 1. The van der Waals surface area contributed by atoms with Crippen LogP contribution in [0.3, 0.4) is 0 Å². The molecule has 4 aliphatic rings. The highest BCUT2D eigenvalue weighted by atomic mass is 16.5. The van der Waals surface area contributed by atoms with E-state index in [0.29, 0.717) is 17.8 Å². The van der Waals surface area contributed by atoms with Crippen molar-refractivity contribution < 1.29 is 19.4 Å². The molecule has 26 heavy (non-hydrogen) atoms. The maximum atomic E-state index is 11.7. The SMILES string of the molecule is CC(=O)O[C@H]1CC[C@]2(C)C(=CC[C@H]3[C@H]4CC[C@H](C(=O)[O-])[C@]4(C)CC[C@H]32)C1. The lowest BCUT2D eigenvalue weighted by atomic mass is 9.47. The molecule has 0 saturated heterocycles. The first-order valence-corrected chi connectivity index (χ1v) is 10.3. The second-order valence-electron chi connectivity index (χ2n) is 9.73. The maximum Gasteiger partial charge on any atom is 0.302 e. The van der Waals surface area contributed by atoms with E-state index in [4.69, 9.17) is 4.74 Å². The molecule has 0 N–H and O–H groups in total. The lowest BCUT2D eigenvalue weighted by molar-refractivity contribution is -0.315. The quantitative estimate of drug-likeness (QED) is 0.561. The first-order chi connectivity index (χ1) is 12.3. The lowest BCUT2D eigenvalue weighted by Gasteiger charge is -2.58. The highest BCUT2D eigenvalue weighted by Crippen LogP contribution is 2.66. The van der Waals surface area contributed by atoms with Gasteiger partial charge in [0.1, 0.15) is 6.10 Å². The zero-order chi connectivity index (χ0) is 18.7. The molecule has 3 saturated carbocycles. The zero-order valence-electron chi connectivity index (χ0n) is 16.3. The molecule has 0 radical (unpaired) electrons. The summed E-state index contributed by atoms with van der Waals surface area (Å²) in [5.74, 6) is 0.446. The predicted molar refractivity (Wildman–Crippen MR) is 95.8 cm³/mol. The third kappa shape index (κ3) is 2.55. The number of fused-ring (bicyclic) bond motifs is 5. The van der Waals surface area contributed by atoms with Gasteiger partial charge in [-0.1, -0.05) is 25.5 Å². The monoisotopic (exact) mass is 359 g/mol. The molecule has 0 spiro atoms. The minimum absolute atomic E-state index is 0.0335. The van der Waals surface area contributed by atoms with E-state index in [1.165, 1.54) is 12.5 Å². The Morgan fingerprint density at radius 2 is 1.88 bits per heavy atom. The Balaban J connectivity index is 1.59. The molecule has 4 aliphatic carbocycles. The second kappa shape index (κ2) is 6.10. The number of allylic oxidation sites excluding steroid dienone is 1. The lowest BCUT2D eigenvalue weighted by Crippen LogP contribution is -2.52. The van der Waals surface area contributed by atoms with Gasteiger partial charge in [0.2, 0.25) is 0 Å². The van der Waals surface area contributed by atoms with Crippen molar-refractivity contribution in [2.45, 2.75) is 78.2 Å². The topological polar surface area (TPSA) is 66.4 Å². The third-order valence-electron chi connectivity index (χ3n) is 8.68. The molecule has 3 fully saturated rings. The fraction of sp³-hybridized carbons (Fsp3) is 0.818. The number of carbonyl (C=O) groups excluding carboxylic acids is 2. The van der Waals surface area contributed by atoms with Gasteiger partial charge in [0.05, 0.1) is 0 Å². The Kier molecular flexibility index (Phi) is 4.24. The van der Waals surface area contributed by atoms with Crippen molar-refractivity contribution in [3.05, 3.63) is 11.6 Å². The number of carboxylic acid groups (broad SMARTS) is 1. The number of aliphatic carboxylic acids is 1. The van der Waals surface area contributed by atoms with Crippen molar-refractivity contribution >= 4 is 11.9 Å². The fourth-order valence-electron chi connectivity index (χ4n) is 7.35. The summed E-state index contributed by atoms with van der Waals surface area (Å²) < 4.78 is 5.50. The van der Waals surface area contributed by atoms with Crippen LogP contribution in [0.15, 0.2) is 11.6 Å². The van der Waals surface area contributed by atoms with Gasteiger partial charge in [-0.25, -0.2) is 0 Å². The molecular formula is C22H31O4-. The number of rotatable bonds is 2. The van der Waals surface area contributed by atoms with Crippen LogP contribution in [0.5, 0.6) is 0 Å². The first kappa shape index (κ1) is 18.1. The van der Waals surface area contributed by atoms with E-state index in [1.807, 2.05) is 0 Å². The van der Waals surface area contributed by atoms with Gasteiger partial charge in [-0.3, -0.25) is 4.79 Å². The van der Waals surface area contributed by atoms with Crippen LogP contribution < -0.4 is 5.11 Å². The Bertz CT molecular complexity index is 653. The van der Waals surface area contributed by atoms with E-state index < -0.39 is 5.97 Å². The summed E-state index contributed by atoms with van der Waals surface area (Å²) in [6, 6.07) is 0. The van der Waals surface area contributed by atoms with Crippen LogP contribution in [0, 0.1) is 34.5 Å². The van der Waals surface area contributed by atoms with Crippen LogP contribution in [0.4, 0.5) is 0 Å². The minimum Gasteiger partial charge on any atom is -0.550 e. The van der Waals surface area contributed by atoms with Crippen molar-refractivity contribution in [3.8, 4) is 0 Å². The molecule has 4 heteroatoms. The summed E-state index contributed by atoms with van der Waals surface area (Å²) in [6.07, 6.45) is 10.3. The molecule has 0 amide bonds. The van der Waals surface area contributed by atoms with Crippen LogP contribution in [0.2, 0.25) is 0 Å². The highest BCUT2D eigenvalue weighted by molar-refractivity contribution is 5.69. The van der Waals surface area contributed by atoms with E-state index in [9.17, 15) is 14.7 Å². The van der Waals surface area contributed by atoms with E-state index in [-0.39, 0.29) is 28.8 Å². The Hall–Kier alpha value is -1.32. The molecular weight excluding hydrogens is 328 g/mol. The Morgan fingerprint density at radius 3 is 2.58 bits per heavy atom. The average molecular weight is 359 g/mol. The molecule has 144 valence electrons. The first-order valence-electron chi connectivity index (χ1n) is 10.3. The van der Waals surface area contributed by atoms with Crippen LogP contribution in [-0.2, 0) is 14.3 Å². The van der Waals surface area contributed by atoms with Gasteiger partial charge in [-0.15, -0.1) is 0 Å². The summed E-state index contributed by atoms with van der Waals surface area (Å²) >= 11 is 0. The molecule has 0 aromatic heterocycles. The van der Waals surface area contributed by atoms with E-state index in [1.54, 1.807) is 0 Å². The smallest absolute Gasteiger partial charge is 0.302 e. The minimum atomic E-state index is -0.839. The second-order valence-corrected chi connectivity index (χ2v) is 9.73. The molecule has 4 rings (SSSR count). The van der Waals surface area contributed by atoms with Crippen molar-refractivity contribution in [2.24, 2.45) is 34.5 Å². The van der Waals surface area contributed by atoms with Gasteiger partial charge < -0.3 is 14.6 Å². The normalized spacial score (nSPS) is 47.2. The average Bonchev–Trinajstić information content (AvgIpc) is 2.92. The molecule has 0 aliphatic heterocycles. The summed E-state index contributed by atoms with van der Waals surface area (Å²) in [5.41, 5.74) is 1.59. The van der Waals surface area contributed by atoms with Crippen LogP contribution in [0.25, 0.3) is 0 Å². The summed E-state index contributed by atoms with van der Waals surface area (Å²) in [5, 5.41) is 11.7. The molecule has 4 nitrogen and oxygen atoms in total. The molecule has 0 aromatic rings. The number of hydrogen-bond acceptors (Lipinski definition) is 4. The Labute approximate surface area is 156 Å². The van der Waals surface area contributed by atoms with Crippen molar-refractivity contribution in [3.63, 3.8) is 0 Å². The predicted octanol–water partition coefficient (Wildman–Crippen LogP) is 3.25. The van der Waals surface area contributed by atoms with E-state index in [2.05, 4.69) is 19.9 Å². The maximum absolute atomic E-state index is 11.7. The fourth-order valence-corrected chi connectivity index (χ4v) is 7.35. The van der Waals surface area contributed by atoms with E-state index in [0.717, 1.165) is 51.4 Å². The molecule has 7 atom stereocenters. The number of esters is 1. The van der Waals surface area contributed by atoms with Gasteiger partial charge >= 0.3 is 5.97 Å². The van der Waals surface area contributed by atoms with Gasteiger partial charge in [-0.2, -0.15) is 0 Å². The molecule has 0 bridgehead atoms.